The summed E-state index contributed by atoms with van der Waals surface area (Å²) in [6, 6.07) is 5.08. The molecule has 4 heterocycles. The van der Waals surface area contributed by atoms with Gasteiger partial charge in [0.05, 0.1) is 19.1 Å². The van der Waals surface area contributed by atoms with E-state index in [0.717, 1.165) is 30.4 Å². The van der Waals surface area contributed by atoms with Gasteiger partial charge in [-0.1, -0.05) is 6.07 Å². The summed E-state index contributed by atoms with van der Waals surface area (Å²) in [5.74, 6) is 2.08. The van der Waals surface area contributed by atoms with Crippen molar-refractivity contribution in [1.29, 1.82) is 0 Å². The van der Waals surface area contributed by atoms with E-state index < -0.39 is 0 Å². The first-order chi connectivity index (χ1) is 11.2. The Labute approximate surface area is 133 Å². The van der Waals surface area contributed by atoms with Gasteiger partial charge in [-0.3, -0.25) is 4.79 Å². The quantitative estimate of drug-likeness (QED) is 0.899. The molecule has 2 aromatic heterocycles. The average Bonchev–Trinajstić information content (AvgIpc) is 3.22. The van der Waals surface area contributed by atoms with Gasteiger partial charge in [-0.2, -0.15) is 0 Å². The Bertz CT molecular complexity index is 737. The summed E-state index contributed by atoms with van der Waals surface area (Å²) in [5, 5.41) is 0. The first kappa shape index (κ1) is 14.2. The van der Waals surface area contributed by atoms with E-state index in [0.29, 0.717) is 37.6 Å². The Hall–Kier alpha value is -2.41. The molecule has 7 nitrogen and oxygen atoms in total. The Balaban J connectivity index is 1.53. The zero-order valence-corrected chi connectivity index (χ0v) is 12.7. The lowest BCUT2D eigenvalue weighted by Gasteiger charge is -2.25. The summed E-state index contributed by atoms with van der Waals surface area (Å²) in [5.41, 5.74) is 6.86. The topological polar surface area (TPSA) is 94.5 Å². The third-order valence-electron chi connectivity index (χ3n) is 4.30. The molecule has 2 aliphatic rings. The van der Waals surface area contributed by atoms with Gasteiger partial charge in [0.15, 0.2) is 5.89 Å². The number of carbonyl (C=O) groups is 1. The highest BCUT2D eigenvalue weighted by Gasteiger charge is 2.30. The first-order valence-corrected chi connectivity index (χ1v) is 7.79. The van der Waals surface area contributed by atoms with Crippen LogP contribution < -0.4 is 5.73 Å². The smallest absolute Gasteiger partial charge is 0.272 e. The molecule has 0 aliphatic carbocycles. The fourth-order valence-corrected chi connectivity index (χ4v) is 3.03. The van der Waals surface area contributed by atoms with Crippen LogP contribution in [0.15, 0.2) is 22.6 Å². The van der Waals surface area contributed by atoms with E-state index in [9.17, 15) is 4.79 Å². The monoisotopic (exact) mass is 314 g/mol. The van der Waals surface area contributed by atoms with E-state index in [1.54, 1.807) is 23.1 Å². The second-order valence-electron chi connectivity index (χ2n) is 5.91. The molecule has 2 aliphatic heterocycles. The van der Waals surface area contributed by atoms with E-state index in [1.165, 1.54) is 0 Å². The minimum atomic E-state index is -0.128. The number of aromatic nitrogens is 2. The van der Waals surface area contributed by atoms with Crippen molar-refractivity contribution in [2.24, 2.45) is 0 Å². The summed E-state index contributed by atoms with van der Waals surface area (Å²) in [6.45, 7) is 2.46. The van der Waals surface area contributed by atoms with Crippen LogP contribution in [0.25, 0.3) is 0 Å². The number of hydrogen-bond acceptors (Lipinski definition) is 6. The minimum absolute atomic E-state index is 0.128. The molecule has 0 spiro atoms. The molecular weight excluding hydrogens is 296 g/mol. The number of pyridine rings is 1. The predicted octanol–water partition coefficient (Wildman–Crippen LogP) is 1.35. The second kappa shape index (κ2) is 5.66. The zero-order valence-electron chi connectivity index (χ0n) is 12.7. The van der Waals surface area contributed by atoms with E-state index in [-0.39, 0.29) is 11.8 Å². The van der Waals surface area contributed by atoms with Crippen LogP contribution in [0.4, 0.5) is 5.82 Å². The van der Waals surface area contributed by atoms with Crippen LogP contribution >= 0.6 is 0 Å². The second-order valence-corrected chi connectivity index (χ2v) is 5.91. The molecule has 4 rings (SSSR count). The van der Waals surface area contributed by atoms with Crippen molar-refractivity contribution in [1.82, 2.24) is 14.9 Å². The Morgan fingerprint density at radius 3 is 3.04 bits per heavy atom. The average molecular weight is 314 g/mol. The number of hydrogen-bond donors (Lipinski definition) is 1. The maximum Gasteiger partial charge on any atom is 0.272 e. The molecule has 2 aromatic rings. The maximum absolute atomic E-state index is 12.6. The molecule has 1 saturated heterocycles. The number of amides is 1. The number of rotatable bonds is 2. The maximum atomic E-state index is 12.6. The molecule has 1 atom stereocenters. The highest BCUT2D eigenvalue weighted by atomic mass is 16.5. The van der Waals surface area contributed by atoms with E-state index >= 15 is 0 Å². The number of fused-ring (bicyclic) bond motifs is 1. The van der Waals surface area contributed by atoms with Crippen LogP contribution in [0.2, 0.25) is 0 Å². The molecule has 23 heavy (non-hydrogen) atoms. The summed E-state index contributed by atoms with van der Waals surface area (Å²) < 4.78 is 11.3. The van der Waals surface area contributed by atoms with Gasteiger partial charge < -0.3 is 19.8 Å². The van der Waals surface area contributed by atoms with Crippen LogP contribution in [0, 0.1) is 0 Å². The van der Waals surface area contributed by atoms with Crippen molar-refractivity contribution < 1.29 is 13.9 Å². The van der Waals surface area contributed by atoms with Crippen molar-refractivity contribution in [3.63, 3.8) is 0 Å². The normalized spacial score (nSPS) is 20.5. The van der Waals surface area contributed by atoms with E-state index in [1.807, 2.05) is 0 Å². The van der Waals surface area contributed by atoms with Crippen LogP contribution in [-0.4, -0.2) is 40.5 Å². The highest BCUT2D eigenvalue weighted by Crippen LogP contribution is 2.29. The molecule has 1 unspecified atom stereocenters. The molecular formula is C16H18N4O3. The molecule has 0 aromatic carbocycles. The lowest BCUT2D eigenvalue weighted by atomic mass is 10.1. The number of carbonyl (C=O) groups excluding carboxylic acids is 1. The standard InChI is InChI=1S/C16H18N4O3/c17-14-3-1-2-11(18-14)16(21)20-6-4-13-12(8-20)19-15(23-13)10-5-7-22-9-10/h1-3,10H,4-9H2,(H2,17,18). The van der Waals surface area contributed by atoms with Crippen molar-refractivity contribution >= 4 is 11.7 Å². The van der Waals surface area contributed by atoms with Gasteiger partial charge in [-0.25, -0.2) is 9.97 Å². The van der Waals surface area contributed by atoms with E-state index in [4.69, 9.17) is 14.9 Å². The number of oxazole rings is 1. The van der Waals surface area contributed by atoms with Gasteiger partial charge in [0.2, 0.25) is 0 Å². The lowest BCUT2D eigenvalue weighted by Crippen LogP contribution is -2.36. The summed E-state index contributed by atoms with van der Waals surface area (Å²) in [4.78, 5) is 23.0. The number of anilines is 1. The van der Waals surface area contributed by atoms with Gasteiger partial charge in [-0.15, -0.1) is 0 Å². The summed E-state index contributed by atoms with van der Waals surface area (Å²) in [7, 11) is 0. The minimum Gasteiger partial charge on any atom is -0.445 e. The van der Waals surface area contributed by atoms with Crippen LogP contribution in [0.1, 0.15) is 40.2 Å². The Kier molecular flexibility index (Phi) is 3.49. The third-order valence-corrected chi connectivity index (χ3v) is 4.30. The lowest BCUT2D eigenvalue weighted by molar-refractivity contribution is 0.0722. The fourth-order valence-electron chi connectivity index (χ4n) is 3.03. The third kappa shape index (κ3) is 2.68. The molecule has 0 radical (unpaired) electrons. The van der Waals surface area contributed by atoms with Gasteiger partial charge >= 0.3 is 0 Å². The van der Waals surface area contributed by atoms with Crippen LogP contribution in [0.5, 0.6) is 0 Å². The zero-order chi connectivity index (χ0) is 15.8. The van der Waals surface area contributed by atoms with Gasteiger partial charge in [0, 0.05) is 19.6 Å². The van der Waals surface area contributed by atoms with Gasteiger partial charge in [-0.05, 0) is 18.6 Å². The summed E-state index contributed by atoms with van der Waals surface area (Å²) >= 11 is 0. The van der Waals surface area contributed by atoms with Crippen molar-refractivity contribution in [3.05, 3.63) is 41.2 Å². The molecule has 2 N–H and O–H groups in total. The Morgan fingerprint density at radius 2 is 2.26 bits per heavy atom. The van der Waals surface area contributed by atoms with Gasteiger partial charge in [0.1, 0.15) is 23.0 Å². The van der Waals surface area contributed by atoms with Crippen molar-refractivity contribution in [3.8, 4) is 0 Å². The fraction of sp³-hybridized carbons (Fsp3) is 0.438. The number of nitrogens with zero attached hydrogens (tertiary/aromatic N) is 3. The molecule has 1 amide bonds. The SMILES string of the molecule is Nc1cccc(C(=O)N2CCc3oc(C4CCOC4)nc3C2)n1. The van der Waals surface area contributed by atoms with Crippen LogP contribution in [-0.2, 0) is 17.7 Å². The number of ether oxygens (including phenoxy) is 1. The first-order valence-electron chi connectivity index (χ1n) is 7.79. The Morgan fingerprint density at radius 1 is 1.35 bits per heavy atom. The largest absolute Gasteiger partial charge is 0.445 e. The molecule has 7 heteroatoms. The predicted molar refractivity (Wildman–Crippen MR) is 81.8 cm³/mol. The number of nitrogen functional groups attached to an aromatic ring is 1. The molecule has 120 valence electrons. The molecule has 0 bridgehead atoms. The molecule has 1 fully saturated rings. The van der Waals surface area contributed by atoms with Gasteiger partial charge in [0.25, 0.3) is 5.91 Å². The number of nitrogens with two attached hydrogens (primary N) is 1. The summed E-state index contributed by atoms with van der Waals surface area (Å²) in [6.07, 6.45) is 1.61. The van der Waals surface area contributed by atoms with Crippen molar-refractivity contribution in [2.45, 2.75) is 25.3 Å². The van der Waals surface area contributed by atoms with Crippen molar-refractivity contribution in [2.75, 3.05) is 25.5 Å². The highest BCUT2D eigenvalue weighted by molar-refractivity contribution is 5.92. The van der Waals surface area contributed by atoms with E-state index in [2.05, 4.69) is 9.97 Å². The molecule has 0 saturated carbocycles. The van der Waals surface area contributed by atoms with Crippen LogP contribution in [0.3, 0.4) is 0 Å².